The van der Waals surface area contributed by atoms with Gasteiger partial charge in [0.05, 0.1) is 11.1 Å². The van der Waals surface area contributed by atoms with Gasteiger partial charge in [-0.2, -0.15) is 0 Å². The van der Waals surface area contributed by atoms with Crippen LogP contribution in [0.5, 0.6) is 5.75 Å². The Morgan fingerprint density at radius 3 is 2.62 bits per heavy atom. The third-order valence-electron chi connectivity index (χ3n) is 3.06. The number of halogens is 1. The molecule has 21 heavy (non-hydrogen) atoms. The van der Waals surface area contributed by atoms with E-state index < -0.39 is 6.10 Å². The Morgan fingerprint density at radius 1 is 1.24 bits per heavy atom. The summed E-state index contributed by atoms with van der Waals surface area (Å²) in [5.41, 5.74) is 1.81. The zero-order chi connectivity index (χ0) is 15.4. The Morgan fingerprint density at radius 2 is 2.00 bits per heavy atom. The Kier molecular flexibility index (Phi) is 4.78. The van der Waals surface area contributed by atoms with Crippen LogP contribution in [-0.2, 0) is 0 Å². The lowest BCUT2D eigenvalue weighted by atomic mass is 10.0. The SMILES string of the molecule is CC(=O)c1ccc(C(O)/C=C/c2cccc(O)c2)cc1Cl. The first-order chi connectivity index (χ1) is 9.97. The van der Waals surface area contributed by atoms with Crippen LogP contribution in [0.3, 0.4) is 0 Å². The first kappa shape index (κ1) is 15.3. The standard InChI is InChI=1S/C17H15ClO3/c1-11(19)15-7-6-13(10-16(15)18)17(21)8-5-12-3-2-4-14(20)9-12/h2-10,17,20-21H,1H3/b8-5+. The van der Waals surface area contributed by atoms with Crippen molar-refractivity contribution in [1.82, 2.24) is 0 Å². The summed E-state index contributed by atoms with van der Waals surface area (Å²) in [5, 5.41) is 19.8. The molecule has 2 aromatic rings. The van der Waals surface area contributed by atoms with Crippen molar-refractivity contribution >= 4 is 23.5 Å². The molecule has 0 bridgehead atoms. The van der Waals surface area contributed by atoms with E-state index in [0.717, 1.165) is 5.56 Å². The molecule has 3 nitrogen and oxygen atoms in total. The summed E-state index contributed by atoms with van der Waals surface area (Å²) in [4.78, 5) is 11.3. The van der Waals surface area contributed by atoms with Gasteiger partial charge in [0.15, 0.2) is 5.78 Å². The van der Waals surface area contributed by atoms with E-state index in [0.29, 0.717) is 16.1 Å². The molecule has 0 radical (unpaired) electrons. The molecule has 108 valence electrons. The maximum atomic E-state index is 11.3. The largest absolute Gasteiger partial charge is 0.508 e. The van der Waals surface area contributed by atoms with Gasteiger partial charge in [-0.15, -0.1) is 0 Å². The van der Waals surface area contributed by atoms with Crippen molar-refractivity contribution in [3.63, 3.8) is 0 Å². The van der Waals surface area contributed by atoms with E-state index in [1.54, 1.807) is 48.6 Å². The number of aliphatic hydroxyl groups excluding tert-OH is 1. The van der Waals surface area contributed by atoms with Crippen LogP contribution >= 0.6 is 11.6 Å². The van der Waals surface area contributed by atoms with Crippen molar-refractivity contribution in [2.24, 2.45) is 0 Å². The first-order valence-electron chi connectivity index (χ1n) is 6.43. The van der Waals surface area contributed by atoms with E-state index in [-0.39, 0.29) is 11.5 Å². The number of phenols is 1. The summed E-state index contributed by atoms with van der Waals surface area (Å²) in [5.74, 6) is 0.0526. The second-order valence-corrected chi connectivity index (χ2v) is 5.10. The van der Waals surface area contributed by atoms with Gasteiger partial charge < -0.3 is 10.2 Å². The van der Waals surface area contributed by atoms with Crippen LogP contribution in [0.15, 0.2) is 48.5 Å². The normalized spacial score (nSPS) is 12.5. The zero-order valence-electron chi connectivity index (χ0n) is 11.5. The molecule has 0 fully saturated rings. The summed E-state index contributed by atoms with van der Waals surface area (Å²) in [7, 11) is 0. The number of hydrogen-bond acceptors (Lipinski definition) is 3. The average Bonchev–Trinajstić information content (AvgIpc) is 2.44. The molecule has 1 atom stereocenters. The number of aromatic hydroxyl groups is 1. The molecule has 0 amide bonds. The number of carbonyl (C=O) groups is 1. The van der Waals surface area contributed by atoms with Gasteiger partial charge in [0.1, 0.15) is 5.75 Å². The van der Waals surface area contributed by atoms with Crippen molar-refractivity contribution < 1.29 is 15.0 Å². The Hall–Kier alpha value is -2.10. The summed E-state index contributed by atoms with van der Waals surface area (Å²) in [6.45, 7) is 1.44. The molecule has 2 rings (SSSR count). The minimum absolute atomic E-state index is 0.114. The number of phenolic OH excluding ortho intramolecular Hbond substituents is 1. The molecule has 0 aromatic heterocycles. The molecular weight excluding hydrogens is 288 g/mol. The lowest BCUT2D eigenvalue weighted by Crippen LogP contribution is -1.98. The van der Waals surface area contributed by atoms with Crippen LogP contribution in [0, 0.1) is 0 Å². The van der Waals surface area contributed by atoms with Gasteiger partial charge in [-0.1, -0.05) is 42.0 Å². The number of hydrogen-bond donors (Lipinski definition) is 2. The number of ketones is 1. The topological polar surface area (TPSA) is 57.5 Å². The molecule has 0 aliphatic heterocycles. The highest BCUT2D eigenvalue weighted by Gasteiger charge is 2.09. The van der Waals surface area contributed by atoms with Crippen LogP contribution in [0.25, 0.3) is 6.08 Å². The van der Waals surface area contributed by atoms with E-state index in [1.165, 1.54) is 6.92 Å². The molecule has 0 aliphatic carbocycles. The van der Waals surface area contributed by atoms with Crippen LogP contribution in [0.1, 0.15) is 34.5 Å². The van der Waals surface area contributed by atoms with E-state index in [9.17, 15) is 15.0 Å². The molecule has 2 aromatic carbocycles. The zero-order valence-corrected chi connectivity index (χ0v) is 12.2. The van der Waals surface area contributed by atoms with Crippen molar-refractivity contribution in [1.29, 1.82) is 0 Å². The molecule has 0 saturated heterocycles. The van der Waals surface area contributed by atoms with Crippen LogP contribution in [-0.4, -0.2) is 16.0 Å². The minimum atomic E-state index is -0.842. The first-order valence-corrected chi connectivity index (χ1v) is 6.81. The Bertz CT molecular complexity index is 692. The summed E-state index contributed by atoms with van der Waals surface area (Å²) < 4.78 is 0. The monoisotopic (exact) mass is 302 g/mol. The third-order valence-corrected chi connectivity index (χ3v) is 3.37. The van der Waals surface area contributed by atoms with Crippen LogP contribution in [0.2, 0.25) is 5.02 Å². The smallest absolute Gasteiger partial charge is 0.161 e. The lowest BCUT2D eigenvalue weighted by Gasteiger charge is -2.08. The third kappa shape index (κ3) is 3.94. The minimum Gasteiger partial charge on any atom is -0.508 e. The van der Waals surface area contributed by atoms with Crippen molar-refractivity contribution in [3.05, 3.63) is 70.3 Å². The summed E-state index contributed by atoms with van der Waals surface area (Å²) >= 11 is 6.02. The van der Waals surface area contributed by atoms with Crippen molar-refractivity contribution in [2.75, 3.05) is 0 Å². The highest BCUT2D eigenvalue weighted by atomic mass is 35.5. The maximum Gasteiger partial charge on any atom is 0.161 e. The lowest BCUT2D eigenvalue weighted by molar-refractivity contribution is 0.101. The molecule has 0 spiro atoms. The number of aliphatic hydroxyl groups is 1. The van der Waals surface area contributed by atoms with E-state index in [2.05, 4.69) is 0 Å². The van der Waals surface area contributed by atoms with Gasteiger partial charge in [0, 0.05) is 5.56 Å². The molecule has 0 heterocycles. The fraction of sp³-hybridized carbons (Fsp3) is 0.118. The fourth-order valence-electron chi connectivity index (χ4n) is 1.94. The molecule has 1 unspecified atom stereocenters. The molecule has 2 N–H and O–H groups in total. The molecule has 0 saturated carbocycles. The van der Waals surface area contributed by atoms with Gasteiger partial charge in [0.25, 0.3) is 0 Å². The fourth-order valence-corrected chi connectivity index (χ4v) is 2.26. The van der Waals surface area contributed by atoms with E-state index in [4.69, 9.17) is 11.6 Å². The second kappa shape index (κ2) is 6.57. The van der Waals surface area contributed by atoms with Crippen LogP contribution in [0.4, 0.5) is 0 Å². The van der Waals surface area contributed by atoms with Gasteiger partial charge in [-0.3, -0.25) is 4.79 Å². The number of rotatable bonds is 4. The van der Waals surface area contributed by atoms with E-state index >= 15 is 0 Å². The predicted octanol–water partition coefficient (Wildman–Crippen LogP) is 4.00. The van der Waals surface area contributed by atoms with Gasteiger partial charge >= 0.3 is 0 Å². The second-order valence-electron chi connectivity index (χ2n) is 4.69. The van der Waals surface area contributed by atoms with Gasteiger partial charge in [-0.05, 0) is 42.3 Å². The molecule has 0 aliphatic rings. The highest BCUT2D eigenvalue weighted by molar-refractivity contribution is 6.33. The number of benzene rings is 2. The predicted molar refractivity (Wildman–Crippen MR) is 83.6 cm³/mol. The van der Waals surface area contributed by atoms with E-state index in [1.807, 2.05) is 6.07 Å². The summed E-state index contributed by atoms with van der Waals surface area (Å²) in [6.07, 6.45) is 2.45. The molecular formula is C17H15ClO3. The average molecular weight is 303 g/mol. The summed E-state index contributed by atoms with van der Waals surface area (Å²) in [6, 6.07) is 11.6. The number of carbonyl (C=O) groups excluding carboxylic acids is 1. The Labute approximate surface area is 128 Å². The van der Waals surface area contributed by atoms with Crippen molar-refractivity contribution in [2.45, 2.75) is 13.0 Å². The van der Waals surface area contributed by atoms with Crippen molar-refractivity contribution in [3.8, 4) is 5.75 Å². The molecule has 4 heteroatoms. The Balaban J connectivity index is 2.18. The number of Topliss-reactive ketones (excluding diaryl/α,β-unsaturated/α-hetero) is 1. The van der Waals surface area contributed by atoms with Gasteiger partial charge in [-0.25, -0.2) is 0 Å². The highest BCUT2D eigenvalue weighted by Crippen LogP contribution is 2.24. The van der Waals surface area contributed by atoms with Crippen LogP contribution < -0.4 is 0 Å². The maximum absolute atomic E-state index is 11.3. The van der Waals surface area contributed by atoms with Gasteiger partial charge in [0.2, 0.25) is 0 Å². The quantitative estimate of drug-likeness (QED) is 0.839.